The Morgan fingerprint density at radius 2 is 0.920 bits per heavy atom. The number of nitrogens with one attached hydrogen (secondary N) is 8. The van der Waals surface area contributed by atoms with Gasteiger partial charge in [0.2, 0.25) is 23.8 Å². The highest BCUT2D eigenvalue weighted by Gasteiger charge is 2.49. The van der Waals surface area contributed by atoms with Gasteiger partial charge in [-0.15, -0.1) is 0 Å². The third-order valence-electron chi connectivity index (χ3n) is 24.1. The van der Waals surface area contributed by atoms with E-state index in [0.717, 1.165) is 85.4 Å². The molecule has 1 aliphatic heterocycles. The van der Waals surface area contributed by atoms with Crippen molar-refractivity contribution in [1.29, 1.82) is 21.0 Å². The number of nitrogens with zero attached hydrogens (tertiary/aromatic N) is 13. The van der Waals surface area contributed by atoms with E-state index < -0.39 is 0 Å². The molecule has 590 valence electrons. The van der Waals surface area contributed by atoms with Gasteiger partial charge in [0.05, 0.1) is 38.0 Å². The summed E-state index contributed by atoms with van der Waals surface area (Å²) in [5, 5.41) is 84.2. The Morgan fingerprint density at radius 1 is 0.491 bits per heavy atom. The first-order valence-corrected chi connectivity index (χ1v) is 39.8. The number of halogens is 1. The highest BCUT2D eigenvalue weighted by Crippen LogP contribution is 2.49. The summed E-state index contributed by atoms with van der Waals surface area (Å²) in [5.41, 5.74) is 8.25. The predicted molar refractivity (Wildman–Crippen MR) is 447 cm³/mol. The van der Waals surface area contributed by atoms with Crippen LogP contribution in [0.2, 0.25) is 5.02 Å². The van der Waals surface area contributed by atoms with Gasteiger partial charge in [0, 0.05) is 79.6 Å². The van der Waals surface area contributed by atoms with Crippen LogP contribution in [0.5, 0.6) is 11.5 Å². The molecule has 5 aliphatic rings. The lowest BCUT2D eigenvalue weighted by atomic mass is 9.59. The Balaban J connectivity index is 0.000000159. The average Bonchev–Trinajstić information content (AvgIpc) is 0.777. The molecule has 8 atom stereocenters. The lowest BCUT2D eigenvalue weighted by Crippen LogP contribution is -2.57. The molecule has 4 saturated carbocycles. The third-order valence-corrected chi connectivity index (χ3v) is 24.4. The molecule has 0 unspecified atom stereocenters. The standard InChI is InChI=1S/C27H38N6.C20H24ClN5.C20H25N5O2.C20H25N5O/c1-20-7-10-23(17-27(20,2)3)31-25-22(18-28)19-30-26(32-25)29-14-13-21-8-11-24(12-9-21)33-15-5-4-6-16-33;1-13-9-17(20(13,2)3)25-18-15(11-22)12-24-19(26-18)23-8-7-14-5-4-6-16(21)10-14;1-20(2)16(10-17(20)26)24-18-14(11-21)12-23-19(25-18)22-9-8-13-6-4-5-7-15(13)27-3;1-13-10-17(20(13,2)3)24-18-15(11-21)12-23-19(25-18)22-9-8-14-4-6-16(26)7-5-14/h8-9,11-12,19-20,23H,4-7,10,13-17H2,1-3H3,(H2,29,30,31,32);4-6,10,12-13,17H,7-9H2,1-3H3,(H2,23,24,25,26);4-7,12,16-17,26H,8-10H2,1-3H3,(H2,22,23,24,25);4-7,12-13,17,26H,8-10H2,1-3H3,(H2,22,23,24,25)/t20-,23+;13-,17+;16-,17+;13-,17+/m0010/s1. The quantitative estimate of drug-likeness (QED) is 0.0241. The SMILES string of the molecule is COc1ccccc1CCNc1ncc(C#N)c(N[C@@H]2C[C@H](O)C2(C)C)n1.C[C@H]1CC[C@@H](Nc2nc(NCCc3ccc(N4CCCCC4)cc3)ncc2C#N)CC1(C)C.C[C@H]1C[C@@H](Nc2nc(NCCc3ccc(O)cc3)ncc2C#N)C1(C)C.C[C@H]1C[C@@H](Nc2nc(NCCc3cccc(Cl)c3)ncc2C#N)C1(C)C. The monoisotopic (exact) mass is 1530 g/mol. The predicted octanol–water partition coefficient (Wildman–Crippen LogP) is 16.3. The summed E-state index contributed by atoms with van der Waals surface area (Å²) in [5.74, 6) is 7.56. The number of phenolic OH excluding ortho intramolecular Hbond substituents is 1. The molecule has 0 bridgehead atoms. The number of aliphatic hydroxyl groups is 1. The Hall–Kier alpha value is -10.8. The summed E-state index contributed by atoms with van der Waals surface area (Å²) in [6, 6.07) is 41.5. The number of piperidine rings is 1. The summed E-state index contributed by atoms with van der Waals surface area (Å²) in [6.45, 7) is 29.6. The Morgan fingerprint density at radius 3 is 1.33 bits per heavy atom. The second-order valence-corrected chi connectivity index (χ2v) is 33.3. The Labute approximate surface area is 666 Å². The maximum absolute atomic E-state index is 9.91. The molecule has 13 rings (SSSR count). The Bertz CT molecular complexity index is 4600. The fourth-order valence-electron chi connectivity index (χ4n) is 14.7. The van der Waals surface area contributed by atoms with Crippen LogP contribution in [-0.4, -0.2) is 127 Å². The number of hydrogen-bond donors (Lipinski definition) is 10. The van der Waals surface area contributed by atoms with Crippen LogP contribution in [-0.2, 0) is 25.7 Å². The zero-order chi connectivity index (χ0) is 80.2. The van der Waals surface area contributed by atoms with E-state index in [2.05, 4.69) is 198 Å². The van der Waals surface area contributed by atoms with Crippen LogP contribution in [0.15, 0.2) is 122 Å². The maximum Gasteiger partial charge on any atom is 0.224 e. The van der Waals surface area contributed by atoms with Crippen molar-refractivity contribution in [1.82, 2.24) is 39.9 Å². The molecule has 10 N–H and O–H groups in total. The van der Waals surface area contributed by atoms with Crippen molar-refractivity contribution in [3.63, 3.8) is 0 Å². The van der Waals surface area contributed by atoms with E-state index in [1.165, 1.54) is 56.2 Å². The van der Waals surface area contributed by atoms with E-state index >= 15 is 0 Å². The van der Waals surface area contributed by atoms with Crippen molar-refractivity contribution in [3.8, 4) is 35.8 Å². The number of aromatic hydroxyl groups is 1. The number of ether oxygens (including phenoxy) is 1. The minimum absolute atomic E-state index is 0.0657. The molecule has 8 aromatic rings. The number of aromatic nitrogens is 8. The zero-order valence-corrected chi connectivity index (χ0v) is 67.9. The summed E-state index contributed by atoms with van der Waals surface area (Å²) in [4.78, 5) is 37.7. The smallest absolute Gasteiger partial charge is 0.224 e. The van der Waals surface area contributed by atoms with E-state index in [9.17, 15) is 31.3 Å². The fraction of sp³-hybridized carbons (Fsp3) is 0.494. The van der Waals surface area contributed by atoms with Crippen molar-refractivity contribution < 1.29 is 14.9 Å². The summed E-state index contributed by atoms with van der Waals surface area (Å²) in [6.07, 6.45) is 19.3. The van der Waals surface area contributed by atoms with Gasteiger partial charge in [-0.05, 0) is 182 Å². The number of phenols is 1. The van der Waals surface area contributed by atoms with Gasteiger partial charge in [0.15, 0.2) is 0 Å². The number of hydrogen-bond acceptors (Lipinski definition) is 24. The molecule has 0 spiro atoms. The number of aliphatic hydroxyl groups excluding tert-OH is 1. The molecule has 1 saturated heterocycles. The van der Waals surface area contributed by atoms with Gasteiger partial charge in [0.1, 0.15) is 81.3 Å². The van der Waals surface area contributed by atoms with E-state index in [-0.39, 0.29) is 34.1 Å². The number of rotatable bonds is 26. The zero-order valence-electron chi connectivity index (χ0n) is 67.1. The first kappa shape index (κ1) is 83.7. The van der Waals surface area contributed by atoms with Crippen molar-refractivity contribution >= 4 is 64.4 Å². The van der Waals surface area contributed by atoms with Gasteiger partial charge in [-0.3, -0.25) is 0 Å². The fourth-order valence-corrected chi connectivity index (χ4v) is 14.9. The molecule has 112 heavy (non-hydrogen) atoms. The molecule has 5 fully saturated rings. The van der Waals surface area contributed by atoms with Crippen molar-refractivity contribution in [2.75, 3.05) is 93.8 Å². The largest absolute Gasteiger partial charge is 0.508 e. The van der Waals surface area contributed by atoms with E-state index in [0.29, 0.717) is 137 Å². The molecule has 0 amide bonds. The van der Waals surface area contributed by atoms with Gasteiger partial charge < -0.3 is 62.4 Å². The van der Waals surface area contributed by atoms with Crippen LogP contribution in [0.4, 0.5) is 52.8 Å². The Kier molecular flexibility index (Phi) is 28.7. The van der Waals surface area contributed by atoms with Crippen LogP contribution >= 0.6 is 11.6 Å². The van der Waals surface area contributed by atoms with E-state index in [4.69, 9.17) is 16.3 Å². The molecule has 4 aromatic carbocycles. The second-order valence-electron chi connectivity index (χ2n) is 32.9. The summed E-state index contributed by atoms with van der Waals surface area (Å²) >= 11 is 6.01. The van der Waals surface area contributed by atoms with Crippen molar-refractivity contribution in [3.05, 3.63) is 171 Å². The minimum atomic E-state index is -0.346. The van der Waals surface area contributed by atoms with Gasteiger partial charge in [0.25, 0.3) is 0 Å². The average molecular weight is 1540 g/mol. The highest BCUT2D eigenvalue weighted by molar-refractivity contribution is 6.30. The lowest BCUT2D eigenvalue weighted by Gasteiger charge is -2.51. The molecule has 4 aromatic heterocycles. The number of nitriles is 4. The van der Waals surface area contributed by atoms with Crippen LogP contribution in [0.3, 0.4) is 0 Å². The van der Waals surface area contributed by atoms with Crippen molar-refractivity contribution in [2.45, 2.75) is 190 Å². The van der Waals surface area contributed by atoms with Crippen LogP contribution in [0.1, 0.15) is 178 Å². The first-order chi connectivity index (χ1) is 53.7. The molecule has 4 aliphatic carbocycles. The summed E-state index contributed by atoms with van der Waals surface area (Å²) in [7, 11) is 1.66. The van der Waals surface area contributed by atoms with Crippen LogP contribution < -0.4 is 52.2 Å². The lowest BCUT2D eigenvalue weighted by molar-refractivity contribution is -0.0511. The highest BCUT2D eigenvalue weighted by atomic mass is 35.5. The molecular formula is C87H112ClN21O3. The van der Waals surface area contributed by atoms with Gasteiger partial charge in [-0.1, -0.05) is 142 Å². The molecule has 5 heterocycles. The number of para-hydroxylation sites is 1. The maximum atomic E-state index is 9.91. The van der Waals surface area contributed by atoms with E-state index in [1.807, 2.05) is 74.5 Å². The first-order valence-electron chi connectivity index (χ1n) is 39.5. The van der Waals surface area contributed by atoms with Gasteiger partial charge in [-0.25, -0.2) is 19.9 Å². The molecule has 25 heteroatoms. The number of benzene rings is 4. The topological polar surface area (TPSA) is 347 Å². The number of anilines is 9. The van der Waals surface area contributed by atoms with Gasteiger partial charge in [-0.2, -0.15) is 41.0 Å². The summed E-state index contributed by atoms with van der Waals surface area (Å²) < 4.78 is 5.36. The second kappa shape index (κ2) is 38.4. The van der Waals surface area contributed by atoms with E-state index in [1.54, 1.807) is 37.8 Å². The van der Waals surface area contributed by atoms with Crippen molar-refractivity contribution in [2.24, 2.45) is 39.4 Å². The van der Waals surface area contributed by atoms with Gasteiger partial charge >= 0.3 is 0 Å². The van der Waals surface area contributed by atoms with Crippen LogP contribution in [0.25, 0.3) is 0 Å². The number of methoxy groups -OCH3 is 1. The normalized spacial score (nSPS) is 21.1. The molecule has 0 radical (unpaired) electrons. The minimum Gasteiger partial charge on any atom is -0.508 e. The molecular weight excluding hydrogens is 1420 g/mol. The van der Waals surface area contributed by atoms with Crippen LogP contribution in [0, 0.1) is 84.7 Å². The third kappa shape index (κ3) is 22.1. The molecule has 24 nitrogen and oxygen atoms in total.